The monoisotopic (exact) mass is 314 g/mol. The number of urea groups is 1. The fourth-order valence-electron chi connectivity index (χ4n) is 3.04. The van der Waals surface area contributed by atoms with E-state index in [1.54, 1.807) is 11.2 Å². The molecule has 3 N–H and O–H groups in total. The first-order chi connectivity index (χ1) is 10.9. The fourth-order valence-corrected chi connectivity index (χ4v) is 3.04. The summed E-state index contributed by atoms with van der Waals surface area (Å²) in [7, 11) is 1.93. The molecule has 0 saturated carbocycles. The van der Waals surface area contributed by atoms with Gasteiger partial charge in [0.15, 0.2) is 0 Å². The zero-order valence-corrected chi connectivity index (χ0v) is 13.7. The number of anilines is 1. The van der Waals surface area contributed by atoms with Crippen molar-refractivity contribution in [1.29, 1.82) is 0 Å². The Morgan fingerprint density at radius 1 is 1.30 bits per heavy atom. The second-order valence-corrected chi connectivity index (χ2v) is 6.21. The maximum absolute atomic E-state index is 12.5. The molecule has 1 aliphatic rings. The number of aryl methyl sites for hydroxylation is 3. The molecule has 1 fully saturated rings. The summed E-state index contributed by atoms with van der Waals surface area (Å²) in [5.41, 5.74) is 9.66. The van der Waals surface area contributed by atoms with Gasteiger partial charge < -0.3 is 20.5 Å². The fraction of sp³-hybridized carbons (Fsp3) is 0.438. The van der Waals surface area contributed by atoms with Crippen LogP contribution in [-0.4, -0.2) is 44.6 Å². The number of carbonyl (C=O) groups is 1. The maximum Gasteiger partial charge on any atom is 0.321 e. The average Bonchev–Trinajstić information content (AvgIpc) is 3.03. The topological polar surface area (TPSA) is 89.1 Å². The Labute approximate surface area is 135 Å². The number of nitrogens with two attached hydrogens (primary N) is 1. The zero-order valence-electron chi connectivity index (χ0n) is 13.7. The molecule has 0 aromatic carbocycles. The van der Waals surface area contributed by atoms with E-state index < -0.39 is 0 Å². The minimum atomic E-state index is -0.135. The Bertz CT molecular complexity index is 705. The van der Waals surface area contributed by atoms with Crippen molar-refractivity contribution < 1.29 is 4.79 Å². The van der Waals surface area contributed by atoms with Crippen LogP contribution in [0.4, 0.5) is 10.5 Å². The van der Waals surface area contributed by atoms with Crippen molar-refractivity contribution in [1.82, 2.24) is 19.4 Å². The van der Waals surface area contributed by atoms with E-state index >= 15 is 0 Å². The van der Waals surface area contributed by atoms with Crippen LogP contribution in [0.15, 0.2) is 24.7 Å². The van der Waals surface area contributed by atoms with Crippen LogP contribution >= 0.6 is 0 Å². The van der Waals surface area contributed by atoms with Crippen molar-refractivity contribution in [3.8, 4) is 0 Å². The average molecular weight is 314 g/mol. The molecule has 3 heterocycles. The third kappa shape index (κ3) is 3.34. The summed E-state index contributed by atoms with van der Waals surface area (Å²) in [5, 5.41) is 2.93. The number of amides is 2. The largest absolute Gasteiger partial charge is 0.340 e. The van der Waals surface area contributed by atoms with Crippen LogP contribution in [0.5, 0.6) is 0 Å². The lowest BCUT2D eigenvalue weighted by Crippen LogP contribution is -2.35. The van der Waals surface area contributed by atoms with Gasteiger partial charge in [-0.3, -0.25) is 4.98 Å². The van der Waals surface area contributed by atoms with Gasteiger partial charge in [0.1, 0.15) is 0 Å². The highest BCUT2D eigenvalue weighted by Crippen LogP contribution is 2.25. The summed E-state index contributed by atoms with van der Waals surface area (Å²) < 4.78 is 1.90. The van der Waals surface area contributed by atoms with Gasteiger partial charge in [-0.1, -0.05) is 0 Å². The molecule has 2 atom stereocenters. The minimum Gasteiger partial charge on any atom is -0.340 e. The summed E-state index contributed by atoms with van der Waals surface area (Å²) >= 11 is 0. The number of carbonyl (C=O) groups excluding carboxylic acids is 1. The van der Waals surface area contributed by atoms with Crippen LogP contribution in [-0.2, 0) is 7.05 Å². The van der Waals surface area contributed by atoms with E-state index in [1.165, 1.54) is 0 Å². The van der Waals surface area contributed by atoms with Gasteiger partial charge >= 0.3 is 6.03 Å². The molecule has 1 aliphatic heterocycles. The number of aromatic nitrogens is 3. The van der Waals surface area contributed by atoms with Crippen molar-refractivity contribution in [2.75, 3.05) is 18.4 Å². The number of nitrogens with one attached hydrogen (secondary N) is 1. The number of likely N-dealkylation sites (tertiary alicyclic amines) is 1. The van der Waals surface area contributed by atoms with E-state index in [9.17, 15) is 4.79 Å². The van der Waals surface area contributed by atoms with Gasteiger partial charge in [0.2, 0.25) is 0 Å². The van der Waals surface area contributed by atoms with Gasteiger partial charge in [0.25, 0.3) is 0 Å². The van der Waals surface area contributed by atoms with Gasteiger partial charge in [-0.2, -0.15) is 0 Å². The highest BCUT2D eigenvalue weighted by molar-refractivity contribution is 5.89. The second kappa shape index (κ2) is 6.00. The van der Waals surface area contributed by atoms with Crippen molar-refractivity contribution in [2.24, 2.45) is 12.8 Å². The summed E-state index contributed by atoms with van der Waals surface area (Å²) in [6.45, 7) is 4.92. The van der Waals surface area contributed by atoms with Gasteiger partial charge in [0.05, 0.1) is 12.0 Å². The van der Waals surface area contributed by atoms with Crippen molar-refractivity contribution in [3.63, 3.8) is 0 Å². The molecule has 0 bridgehead atoms. The van der Waals surface area contributed by atoms with Gasteiger partial charge in [-0.25, -0.2) is 9.78 Å². The number of hydrogen-bond acceptors (Lipinski definition) is 4. The molecule has 23 heavy (non-hydrogen) atoms. The summed E-state index contributed by atoms with van der Waals surface area (Å²) in [4.78, 5) is 22.9. The Kier molecular flexibility index (Phi) is 4.04. The van der Waals surface area contributed by atoms with Crippen LogP contribution in [0, 0.1) is 13.8 Å². The third-order valence-electron chi connectivity index (χ3n) is 4.09. The van der Waals surface area contributed by atoms with Crippen LogP contribution in [0.3, 0.4) is 0 Å². The molecule has 2 aromatic rings. The maximum atomic E-state index is 12.5. The predicted octanol–water partition coefficient (Wildman–Crippen LogP) is 1.39. The number of nitrogens with zero attached hydrogens (tertiary/aromatic N) is 4. The van der Waals surface area contributed by atoms with E-state index in [-0.39, 0.29) is 18.0 Å². The molecular formula is C16H22N6O. The SMILES string of the molecule is Cc1cc(NC(=O)N2C[C@@H](N)[C@H](c3cn(C)cn3)C2)cc(C)n1. The molecule has 0 unspecified atom stereocenters. The molecule has 3 rings (SSSR count). The molecular weight excluding hydrogens is 292 g/mol. The Hall–Kier alpha value is -2.41. The van der Waals surface area contributed by atoms with Crippen LogP contribution in [0.2, 0.25) is 0 Å². The van der Waals surface area contributed by atoms with Crippen molar-refractivity contribution in [3.05, 3.63) is 41.7 Å². The number of rotatable bonds is 2. The predicted molar refractivity (Wildman–Crippen MR) is 88.2 cm³/mol. The van der Waals surface area contributed by atoms with Gasteiger partial charge in [0, 0.05) is 55.4 Å². The van der Waals surface area contributed by atoms with Crippen LogP contribution in [0.25, 0.3) is 0 Å². The zero-order chi connectivity index (χ0) is 16.6. The Morgan fingerprint density at radius 3 is 2.61 bits per heavy atom. The summed E-state index contributed by atoms with van der Waals surface area (Å²) in [6.07, 6.45) is 3.72. The van der Waals surface area contributed by atoms with Crippen molar-refractivity contribution >= 4 is 11.7 Å². The van der Waals surface area contributed by atoms with Crippen molar-refractivity contribution in [2.45, 2.75) is 25.8 Å². The highest BCUT2D eigenvalue weighted by Gasteiger charge is 2.35. The van der Waals surface area contributed by atoms with E-state index in [2.05, 4.69) is 15.3 Å². The standard InChI is InChI=1S/C16H22N6O/c1-10-4-12(5-11(2)19-10)20-16(23)22-6-13(14(17)7-22)15-8-21(3)9-18-15/h4-5,8-9,13-14H,6-7,17H2,1-3H3,(H,19,20,23)/t13-,14-/m1/s1. The molecule has 2 aromatic heterocycles. The lowest BCUT2D eigenvalue weighted by atomic mass is 10.0. The first-order valence-corrected chi connectivity index (χ1v) is 7.67. The minimum absolute atomic E-state index is 0.0721. The normalized spacial score (nSPS) is 20.8. The first-order valence-electron chi connectivity index (χ1n) is 7.67. The van der Waals surface area contributed by atoms with Gasteiger partial charge in [-0.15, -0.1) is 0 Å². The second-order valence-electron chi connectivity index (χ2n) is 6.21. The van der Waals surface area contributed by atoms with Crippen LogP contribution in [0.1, 0.15) is 23.0 Å². The smallest absolute Gasteiger partial charge is 0.321 e. The molecule has 7 nitrogen and oxygen atoms in total. The van der Waals surface area contributed by atoms with E-state index in [4.69, 9.17) is 5.73 Å². The molecule has 0 aliphatic carbocycles. The summed E-state index contributed by atoms with van der Waals surface area (Å²) in [5.74, 6) is 0.0721. The lowest BCUT2D eigenvalue weighted by molar-refractivity contribution is 0.221. The molecule has 122 valence electrons. The molecule has 1 saturated heterocycles. The van der Waals surface area contributed by atoms with E-state index in [0.717, 1.165) is 22.8 Å². The third-order valence-corrected chi connectivity index (χ3v) is 4.09. The highest BCUT2D eigenvalue weighted by atomic mass is 16.2. The number of pyridine rings is 1. The van der Waals surface area contributed by atoms with E-state index in [0.29, 0.717) is 13.1 Å². The first kappa shape index (κ1) is 15.5. The van der Waals surface area contributed by atoms with E-state index in [1.807, 2.05) is 43.8 Å². The Balaban J connectivity index is 1.69. The lowest BCUT2D eigenvalue weighted by Gasteiger charge is -2.17. The number of hydrogen-bond donors (Lipinski definition) is 2. The molecule has 7 heteroatoms. The number of imidazole rings is 1. The molecule has 2 amide bonds. The van der Waals surface area contributed by atoms with Gasteiger partial charge in [-0.05, 0) is 26.0 Å². The summed E-state index contributed by atoms with van der Waals surface area (Å²) in [6, 6.07) is 3.48. The quantitative estimate of drug-likeness (QED) is 0.876. The molecule has 0 radical (unpaired) electrons. The van der Waals surface area contributed by atoms with Crippen LogP contribution < -0.4 is 11.1 Å². The Morgan fingerprint density at radius 2 is 2.00 bits per heavy atom. The molecule has 0 spiro atoms.